The van der Waals surface area contributed by atoms with E-state index in [0.29, 0.717) is 35.6 Å². The first-order chi connectivity index (χ1) is 9.70. The molecule has 0 unspecified atom stereocenters. The predicted molar refractivity (Wildman–Crippen MR) is 81.8 cm³/mol. The van der Waals surface area contributed by atoms with Gasteiger partial charge in [-0.15, -0.1) is 0 Å². The van der Waals surface area contributed by atoms with Crippen molar-refractivity contribution in [2.75, 3.05) is 13.2 Å². The molecule has 0 aliphatic heterocycles. The number of benzene rings is 2. The van der Waals surface area contributed by atoms with Gasteiger partial charge >= 0.3 is 0 Å². The molecule has 0 saturated carbocycles. The molecular formula is C15H15Cl2NO2. The van der Waals surface area contributed by atoms with Gasteiger partial charge in [0.15, 0.2) is 5.75 Å². The van der Waals surface area contributed by atoms with Gasteiger partial charge in [-0.1, -0.05) is 41.4 Å². The Labute approximate surface area is 128 Å². The predicted octanol–water partition coefficient (Wildman–Crippen LogP) is 3.91. The molecule has 0 fully saturated rings. The van der Waals surface area contributed by atoms with Crippen molar-refractivity contribution in [3.63, 3.8) is 0 Å². The molecule has 0 aliphatic carbocycles. The van der Waals surface area contributed by atoms with Crippen molar-refractivity contribution in [1.82, 2.24) is 0 Å². The van der Waals surface area contributed by atoms with Crippen molar-refractivity contribution in [3.8, 4) is 11.5 Å². The first-order valence-corrected chi connectivity index (χ1v) is 6.95. The van der Waals surface area contributed by atoms with Crippen LogP contribution in [-0.4, -0.2) is 13.2 Å². The summed E-state index contributed by atoms with van der Waals surface area (Å²) in [5, 5.41) is 0.977. The molecule has 0 spiro atoms. The van der Waals surface area contributed by atoms with Crippen molar-refractivity contribution in [3.05, 3.63) is 58.1 Å². The maximum absolute atomic E-state index is 6.00. The number of rotatable bonds is 6. The molecule has 20 heavy (non-hydrogen) atoms. The summed E-state index contributed by atoms with van der Waals surface area (Å²) in [6.45, 7) is 1.24. The lowest BCUT2D eigenvalue weighted by molar-refractivity contribution is 0.217. The standard InChI is InChI=1S/C15H15Cl2NO2/c16-13-5-2-6-14(17)15(13)20-8-7-19-12-4-1-3-11(9-12)10-18/h1-6,9H,7-8,10,18H2. The zero-order chi connectivity index (χ0) is 14.4. The molecule has 5 heteroatoms. The van der Waals surface area contributed by atoms with Crippen LogP contribution < -0.4 is 15.2 Å². The minimum Gasteiger partial charge on any atom is -0.490 e. The Kier molecular flexibility index (Phi) is 5.53. The number of hydrogen-bond donors (Lipinski definition) is 1. The van der Waals surface area contributed by atoms with E-state index in [1.54, 1.807) is 18.2 Å². The highest BCUT2D eigenvalue weighted by molar-refractivity contribution is 6.37. The number of ether oxygens (including phenoxy) is 2. The highest BCUT2D eigenvalue weighted by atomic mass is 35.5. The number of halogens is 2. The Bertz CT molecular complexity index is 555. The largest absolute Gasteiger partial charge is 0.490 e. The second-order valence-electron chi connectivity index (χ2n) is 4.10. The molecule has 106 valence electrons. The lowest BCUT2D eigenvalue weighted by atomic mass is 10.2. The smallest absolute Gasteiger partial charge is 0.156 e. The average Bonchev–Trinajstić information content (AvgIpc) is 2.46. The zero-order valence-corrected chi connectivity index (χ0v) is 12.3. The van der Waals surface area contributed by atoms with Crippen LogP contribution in [0.1, 0.15) is 5.56 Å². The van der Waals surface area contributed by atoms with Gasteiger partial charge in [-0.2, -0.15) is 0 Å². The molecule has 0 bridgehead atoms. The SMILES string of the molecule is NCc1cccc(OCCOc2c(Cl)cccc2Cl)c1. The Balaban J connectivity index is 1.84. The van der Waals surface area contributed by atoms with E-state index in [2.05, 4.69) is 0 Å². The van der Waals surface area contributed by atoms with E-state index in [4.69, 9.17) is 38.4 Å². The van der Waals surface area contributed by atoms with Gasteiger partial charge in [0.2, 0.25) is 0 Å². The first kappa shape index (κ1) is 15.0. The normalized spacial score (nSPS) is 10.3. The average molecular weight is 312 g/mol. The summed E-state index contributed by atoms with van der Waals surface area (Å²) in [4.78, 5) is 0. The third-order valence-corrected chi connectivity index (χ3v) is 3.25. The van der Waals surface area contributed by atoms with Crippen LogP contribution in [0.4, 0.5) is 0 Å². The lowest BCUT2D eigenvalue weighted by Gasteiger charge is -2.11. The summed E-state index contributed by atoms with van der Waals surface area (Å²) in [5.74, 6) is 1.25. The molecular weight excluding hydrogens is 297 g/mol. The van der Waals surface area contributed by atoms with E-state index in [1.165, 1.54) is 0 Å². The van der Waals surface area contributed by atoms with Gasteiger partial charge in [0.25, 0.3) is 0 Å². The van der Waals surface area contributed by atoms with Crippen molar-refractivity contribution in [2.45, 2.75) is 6.54 Å². The minimum atomic E-state index is 0.357. The van der Waals surface area contributed by atoms with Gasteiger partial charge in [0.1, 0.15) is 19.0 Å². The van der Waals surface area contributed by atoms with Crippen LogP contribution in [0.5, 0.6) is 11.5 Å². The molecule has 2 rings (SSSR count). The van der Waals surface area contributed by atoms with Crippen LogP contribution in [0.15, 0.2) is 42.5 Å². The zero-order valence-electron chi connectivity index (χ0n) is 10.8. The van der Waals surface area contributed by atoms with Crippen LogP contribution in [0.25, 0.3) is 0 Å². The van der Waals surface area contributed by atoms with Crippen LogP contribution in [-0.2, 0) is 6.54 Å². The van der Waals surface area contributed by atoms with E-state index < -0.39 is 0 Å². The van der Waals surface area contributed by atoms with E-state index >= 15 is 0 Å². The summed E-state index contributed by atoms with van der Waals surface area (Å²) in [5.41, 5.74) is 6.60. The van der Waals surface area contributed by atoms with Gasteiger partial charge in [0.05, 0.1) is 10.0 Å². The van der Waals surface area contributed by atoms with Crippen LogP contribution in [0, 0.1) is 0 Å². The van der Waals surface area contributed by atoms with E-state index in [0.717, 1.165) is 11.3 Å². The second kappa shape index (κ2) is 7.39. The summed E-state index contributed by atoms with van der Waals surface area (Å²) in [6, 6.07) is 12.9. The van der Waals surface area contributed by atoms with Crippen LogP contribution >= 0.6 is 23.2 Å². The fourth-order valence-corrected chi connectivity index (χ4v) is 2.19. The van der Waals surface area contributed by atoms with Crippen molar-refractivity contribution < 1.29 is 9.47 Å². The maximum atomic E-state index is 6.00. The molecule has 2 N–H and O–H groups in total. The Morgan fingerprint density at radius 3 is 2.25 bits per heavy atom. The fourth-order valence-electron chi connectivity index (χ4n) is 1.69. The topological polar surface area (TPSA) is 44.5 Å². The Morgan fingerprint density at radius 1 is 0.900 bits per heavy atom. The summed E-state index contributed by atoms with van der Waals surface area (Å²) in [6.07, 6.45) is 0. The van der Waals surface area contributed by atoms with Crippen LogP contribution in [0.3, 0.4) is 0 Å². The third kappa shape index (κ3) is 4.04. The monoisotopic (exact) mass is 311 g/mol. The summed E-state index contributed by atoms with van der Waals surface area (Å²) >= 11 is 12.0. The van der Waals surface area contributed by atoms with E-state index in [1.807, 2.05) is 24.3 Å². The molecule has 2 aromatic carbocycles. The third-order valence-electron chi connectivity index (χ3n) is 2.65. The Hall–Kier alpha value is -1.42. The molecule has 0 saturated heterocycles. The molecule has 0 amide bonds. The highest BCUT2D eigenvalue weighted by Crippen LogP contribution is 2.32. The minimum absolute atomic E-state index is 0.357. The van der Waals surface area contributed by atoms with Crippen molar-refractivity contribution >= 4 is 23.2 Å². The van der Waals surface area contributed by atoms with Gasteiger partial charge in [-0.3, -0.25) is 0 Å². The van der Waals surface area contributed by atoms with E-state index in [-0.39, 0.29) is 0 Å². The first-order valence-electron chi connectivity index (χ1n) is 6.19. The molecule has 3 nitrogen and oxygen atoms in total. The molecule has 0 radical (unpaired) electrons. The Morgan fingerprint density at radius 2 is 1.55 bits per heavy atom. The molecule has 0 heterocycles. The quantitative estimate of drug-likeness (QED) is 0.823. The number of nitrogens with two attached hydrogens (primary N) is 1. The number of hydrogen-bond acceptors (Lipinski definition) is 3. The maximum Gasteiger partial charge on any atom is 0.156 e. The number of para-hydroxylation sites is 1. The fraction of sp³-hybridized carbons (Fsp3) is 0.200. The molecule has 2 aromatic rings. The molecule has 0 aliphatic rings. The highest BCUT2D eigenvalue weighted by Gasteiger charge is 2.06. The van der Waals surface area contributed by atoms with Crippen LogP contribution in [0.2, 0.25) is 10.0 Å². The molecule has 0 aromatic heterocycles. The van der Waals surface area contributed by atoms with Crippen molar-refractivity contribution in [1.29, 1.82) is 0 Å². The van der Waals surface area contributed by atoms with E-state index in [9.17, 15) is 0 Å². The van der Waals surface area contributed by atoms with Gasteiger partial charge < -0.3 is 15.2 Å². The second-order valence-corrected chi connectivity index (χ2v) is 4.91. The van der Waals surface area contributed by atoms with Gasteiger partial charge in [0, 0.05) is 6.54 Å². The lowest BCUT2D eigenvalue weighted by Crippen LogP contribution is -2.09. The summed E-state index contributed by atoms with van der Waals surface area (Å²) in [7, 11) is 0. The van der Waals surface area contributed by atoms with Crippen molar-refractivity contribution in [2.24, 2.45) is 5.73 Å². The van der Waals surface area contributed by atoms with Gasteiger partial charge in [-0.05, 0) is 29.8 Å². The summed E-state index contributed by atoms with van der Waals surface area (Å²) < 4.78 is 11.1. The molecule has 0 atom stereocenters. The van der Waals surface area contributed by atoms with Gasteiger partial charge in [-0.25, -0.2) is 0 Å².